The third kappa shape index (κ3) is 4.20. The lowest BCUT2D eigenvalue weighted by Crippen LogP contribution is -2.39. The Bertz CT molecular complexity index is 192. The second-order valence-electron chi connectivity index (χ2n) is 2.99. The van der Waals surface area contributed by atoms with Crippen LogP contribution < -0.4 is 10.6 Å². The topological polar surface area (TPSA) is 77.0 Å². The first-order valence-corrected chi connectivity index (χ1v) is 4.75. The van der Waals surface area contributed by atoms with Crippen molar-refractivity contribution >= 4 is 12.3 Å². The number of hydrogen-bond acceptors (Lipinski definition) is 4. The fraction of sp³-hybridized carbons (Fsp3) is 0.750. The van der Waals surface area contributed by atoms with E-state index >= 15 is 0 Å². The van der Waals surface area contributed by atoms with Crippen LogP contribution in [0.25, 0.3) is 0 Å². The Morgan fingerprint density at radius 3 is 2.07 bits per heavy atom. The predicted molar refractivity (Wildman–Crippen MR) is 53.6 cm³/mol. The molecule has 80 valence electrons. The first-order valence-electron chi connectivity index (χ1n) is 4.75. The number of nitrogens with zero attached hydrogens (tertiary/aromatic N) is 2. The van der Waals surface area contributed by atoms with Crippen LogP contribution in [0.3, 0.4) is 0 Å². The summed E-state index contributed by atoms with van der Waals surface area (Å²) in [7, 11) is 0. The van der Waals surface area contributed by atoms with E-state index in [-0.39, 0.29) is 0 Å². The molecule has 2 heterocycles. The molecule has 0 spiro atoms. The number of carbonyl (C=O) groups is 1. The molecule has 3 N–H and O–H groups in total. The quantitative estimate of drug-likeness (QED) is 0.494. The number of amides is 1. The van der Waals surface area contributed by atoms with Gasteiger partial charge in [-0.1, -0.05) is 0 Å². The van der Waals surface area contributed by atoms with Crippen LogP contribution in [0, 0.1) is 0 Å². The molecule has 0 aromatic carbocycles. The van der Waals surface area contributed by atoms with E-state index in [9.17, 15) is 4.79 Å². The zero-order chi connectivity index (χ0) is 10.2. The number of piperazine rings is 1. The molecule has 0 aromatic rings. The normalized spacial score (nSPS) is 20.1. The summed E-state index contributed by atoms with van der Waals surface area (Å²) < 4.78 is 0. The second-order valence-corrected chi connectivity index (χ2v) is 2.99. The van der Waals surface area contributed by atoms with E-state index in [0.29, 0.717) is 6.54 Å². The van der Waals surface area contributed by atoms with Crippen LogP contribution in [0.15, 0.2) is 5.10 Å². The standard InChI is InChI=1S/C4H6N2O2.C4H10N2/c7-4(8)6-3-1-2-5-6;1-2-6-4-3-5-1/h2H,1,3H2,(H,7,8);5-6H,1-4H2. The SMILES string of the molecule is C1CNCCN1.O=C(O)N1CCC=N1. The highest BCUT2D eigenvalue weighted by Crippen LogP contribution is 1.97. The Kier molecular flexibility index (Phi) is 4.95. The smallest absolute Gasteiger partial charge is 0.427 e. The van der Waals surface area contributed by atoms with Gasteiger partial charge in [0.25, 0.3) is 0 Å². The van der Waals surface area contributed by atoms with E-state index in [4.69, 9.17) is 5.11 Å². The van der Waals surface area contributed by atoms with E-state index < -0.39 is 6.09 Å². The third-order valence-electron chi connectivity index (χ3n) is 1.87. The molecule has 0 aromatic heterocycles. The lowest BCUT2D eigenvalue weighted by Gasteiger charge is -2.11. The Balaban J connectivity index is 0.000000146. The summed E-state index contributed by atoms with van der Waals surface area (Å²) in [6, 6.07) is 0. The monoisotopic (exact) mass is 200 g/mol. The molecule has 0 aliphatic carbocycles. The molecule has 6 heteroatoms. The van der Waals surface area contributed by atoms with Gasteiger partial charge in [0.2, 0.25) is 0 Å². The molecule has 0 atom stereocenters. The molecule has 2 rings (SSSR count). The third-order valence-corrected chi connectivity index (χ3v) is 1.87. The molecule has 6 nitrogen and oxygen atoms in total. The minimum atomic E-state index is -0.973. The molecule has 1 fully saturated rings. The van der Waals surface area contributed by atoms with Crippen molar-refractivity contribution < 1.29 is 9.90 Å². The molecule has 0 radical (unpaired) electrons. The molecule has 0 bridgehead atoms. The van der Waals surface area contributed by atoms with Crippen molar-refractivity contribution in [1.82, 2.24) is 15.6 Å². The number of carboxylic acid groups (broad SMARTS) is 1. The number of rotatable bonds is 0. The Morgan fingerprint density at radius 1 is 1.29 bits per heavy atom. The maximum Gasteiger partial charge on any atom is 0.427 e. The van der Waals surface area contributed by atoms with Crippen LogP contribution >= 0.6 is 0 Å². The maximum atomic E-state index is 10.0. The van der Waals surface area contributed by atoms with Crippen LogP contribution in [0.5, 0.6) is 0 Å². The molecule has 2 aliphatic rings. The van der Waals surface area contributed by atoms with Crippen LogP contribution in [0.1, 0.15) is 6.42 Å². The van der Waals surface area contributed by atoms with E-state index in [1.54, 1.807) is 6.21 Å². The average Bonchev–Trinajstić information content (AvgIpc) is 2.74. The van der Waals surface area contributed by atoms with E-state index in [2.05, 4.69) is 15.7 Å². The lowest BCUT2D eigenvalue weighted by atomic mass is 10.4. The number of nitrogens with one attached hydrogen (secondary N) is 2. The van der Waals surface area contributed by atoms with Crippen molar-refractivity contribution in [2.24, 2.45) is 5.10 Å². The second kappa shape index (κ2) is 6.33. The number of hydrogen-bond donors (Lipinski definition) is 3. The molecule has 0 unspecified atom stereocenters. The minimum Gasteiger partial charge on any atom is -0.464 e. The van der Waals surface area contributed by atoms with E-state index in [1.165, 1.54) is 0 Å². The van der Waals surface area contributed by atoms with Crippen LogP contribution in [0.2, 0.25) is 0 Å². The van der Waals surface area contributed by atoms with Gasteiger partial charge >= 0.3 is 6.09 Å². The van der Waals surface area contributed by atoms with Gasteiger partial charge in [-0.2, -0.15) is 10.1 Å². The fourth-order valence-electron chi connectivity index (χ4n) is 1.14. The first-order chi connectivity index (χ1) is 6.80. The van der Waals surface area contributed by atoms with Crippen molar-refractivity contribution in [2.45, 2.75) is 6.42 Å². The molecular formula is C8H16N4O2. The largest absolute Gasteiger partial charge is 0.464 e. The van der Waals surface area contributed by atoms with Gasteiger partial charge in [-0.15, -0.1) is 0 Å². The predicted octanol–water partition coefficient (Wildman–Crippen LogP) is -0.465. The summed E-state index contributed by atoms with van der Waals surface area (Å²) in [5.41, 5.74) is 0. The highest BCUT2D eigenvalue weighted by molar-refractivity contribution is 5.70. The molecule has 0 saturated carbocycles. The van der Waals surface area contributed by atoms with Crippen molar-refractivity contribution in [3.63, 3.8) is 0 Å². The van der Waals surface area contributed by atoms with E-state index in [1.807, 2.05) is 0 Å². The van der Waals surface area contributed by atoms with Gasteiger partial charge in [-0.25, -0.2) is 4.79 Å². The fourth-order valence-corrected chi connectivity index (χ4v) is 1.14. The molecular weight excluding hydrogens is 184 g/mol. The van der Waals surface area contributed by atoms with Crippen LogP contribution in [-0.2, 0) is 0 Å². The van der Waals surface area contributed by atoms with Crippen molar-refractivity contribution in [3.05, 3.63) is 0 Å². The first kappa shape index (κ1) is 10.9. The van der Waals surface area contributed by atoms with Crippen molar-refractivity contribution in [2.75, 3.05) is 32.7 Å². The van der Waals surface area contributed by atoms with Gasteiger partial charge in [0.1, 0.15) is 0 Å². The minimum absolute atomic E-state index is 0.509. The Labute approximate surface area is 83.0 Å². The molecule has 14 heavy (non-hydrogen) atoms. The van der Waals surface area contributed by atoms with Gasteiger partial charge in [0.15, 0.2) is 0 Å². The summed E-state index contributed by atoms with van der Waals surface area (Å²) in [5.74, 6) is 0. The summed E-state index contributed by atoms with van der Waals surface area (Å²) in [6.45, 7) is 5.06. The highest BCUT2D eigenvalue weighted by atomic mass is 16.4. The van der Waals surface area contributed by atoms with Gasteiger partial charge in [-0.05, 0) is 0 Å². The number of hydrazone groups is 1. The van der Waals surface area contributed by atoms with Gasteiger partial charge < -0.3 is 15.7 Å². The summed E-state index contributed by atoms with van der Waals surface area (Å²) in [5, 5.41) is 19.2. The van der Waals surface area contributed by atoms with Crippen molar-refractivity contribution in [3.8, 4) is 0 Å². The molecule has 1 amide bonds. The average molecular weight is 200 g/mol. The maximum absolute atomic E-state index is 10.0. The van der Waals surface area contributed by atoms with Gasteiger partial charge in [-0.3, -0.25) is 0 Å². The zero-order valence-electron chi connectivity index (χ0n) is 8.07. The Morgan fingerprint density at radius 2 is 1.86 bits per heavy atom. The summed E-state index contributed by atoms with van der Waals surface area (Å²) in [6.07, 6.45) is 1.36. The highest BCUT2D eigenvalue weighted by Gasteiger charge is 2.11. The Hall–Kier alpha value is -1.14. The van der Waals surface area contributed by atoms with Crippen LogP contribution in [0.4, 0.5) is 4.79 Å². The molecule has 1 saturated heterocycles. The summed E-state index contributed by atoms with van der Waals surface area (Å²) in [4.78, 5) is 10.0. The van der Waals surface area contributed by atoms with Crippen molar-refractivity contribution in [1.29, 1.82) is 0 Å². The van der Waals surface area contributed by atoms with Gasteiger partial charge in [0, 0.05) is 38.8 Å². The zero-order valence-corrected chi connectivity index (χ0v) is 8.07. The van der Waals surface area contributed by atoms with E-state index in [0.717, 1.165) is 37.6 Å². The lowest BCUT2D eigenvalue weighted by molar-refractivity contribution is 0.152. The summed E-state index contributed by atoms with van der Waals surface area (Å²) >= 11 is 0. The molecule has 2 aliphatic heterocycles. The van der Waals surface area contributed by atoms with Gasteiger partial charge in [0.05, 0.1) is 6.54 Å². The van der Waals surface area contributed by atoms with Crippen LogP contribution in [-0.4, -0.2) is 55.1 Å².